The lowest BCUT2D eigenvalue weighted by atomic mass is 10.2. The molecule has 0 saturated carbocycles. The monoisotopic (exact) mass is 356 g/mol. The Kier molecular flexibility index (Phi) is 5.89. The van der Waals surface area contributed by atoms with Gasteiger partial charge in [0, 0.05) is 11.3 Å². The molecule has 1 heterocycles. The van der Waals surface area contributed by atoms with Gasteiger partial charge in [-0.15, -0.1) is 0 Å². The molecule has 25 heavy (non-hydrogen) atoms. The molecule has 2 aromatic rings. The number of aryl methyl sites for hydroxylation is 1. The number of methoxy groups -OCH3 is 1. The van der Waals surface area contributed by atoms with Crippen molar-refractivity contribution in [2.75, 3.05) is 38.6 Å². The van der Waals surface area contributed by atoms with E-state index in [-0.39, 0.29) is 0 Å². The van der Waals surface area contributed by atoms with Gasteiger partial charge in [0.1, 0.15) is 12.3 Å². The van der Waals surface area contributed by atoms with Gasteiger partial charge in [-0.3, -0.25) is 0 Å². The molecule has 0 spiro atoms. The number of anilines is 1. The zero-order valence-electron chi connectivity index (χ0n) is 14.9. The number of nitrogens with zero attached hydrogens (tertiary/aromatic N) is 1. The molecule has 0 unspecified atom stereocenters. The highest BCUT2D eigenvalue weighted by Gasteiger charge is 2.22. The summed E-state index contributed by atoms with van der Waals surface area (Å²) in [5.41, 5.74) is 3.67. The summed E-state index contributed by atoms with van der Waals surface area (Å²) in [5, 5.41) is 4.22. The molecule has 0 radical (unpaired) electrons. The molecular weight excluding hydrogens is 330 g/mol. The molecular formula is C20H26N3OS+. The fourth-order valence-corrected chi connectivity index (χ4v) is 3.43. The summed E-state index contributed by atoms with van der Waals surface area (Å²) < 4.78 is 5.22. The number of hydrogen-bond donors (Lipinski definition) is 2. The first-order valence-electron chi connectivity index (χ1n) is 8.74. The van der Waals surface area contributed by atoms with Crippen molar-refractivity contribution in [1.82, 2.24) is 4.90 Å². The van der Waals surface area contributed by atoms with Crippen LogP contribution in [-0.2, 0) is 6.54 Å². The molecule has 0 aromatic heterocycles. The third-order valence-corrected chi connectivity index (χ3v) is 5.12. The van der Waals surface area contributed by atoms with Gasteiger partial charge in [0.05, 0.1) is 33.3 Å². The van der Waals surface area contributed by atoms with Crippen LogP contribution in [0.1, 0.15) is 11.1 Å². The largest absolute Gasteiger partial charge is 0.497 e. The van der Waals surface area contributed by atoms with E-state index < -0.39 is 0 Å². The zero-order valence-corrected chi connectivity index (χ0v) is 15.7. The number of nitrogens with one attached hydrogen (secondary N) is 2. The zero-order chi connectivity index (χ0) is 17.6. The second-order valence-electron chi connectivity index (χ2n) is 6.51. The van der Waals surface area contributed by atoms with E-state index in [1.165, 1.54) is 11.1 Å². The highest BCUT2D eigenvalue weighted by atomic mass is 32.1. The van der Waals surface area contributed by atoms with Crippen molar-refractivity contribution < 1.29 is 9.64 Å². The van der Waals surface area contributed by atoms with Crippen molar-refractivity contribution in [3.63, 3.8) is 0 Å². The lowest BCUT2D eigenvalue weighted by Crippen LogP contribution is -3.13. The first-order chi connectivity index (χ1) is 12.2. The SMILES string of the molecule is COc1ccc(C[NH+]2CCN(C(=S)Nc3ccccc3C)CC2)cc1. The summed E-state index contributed by atoms with van der Waals surface area (Å²) in [6.45, 7) is 7.33. The van der Waals surface area contributed by atoms with Gasteiger partial charge in [0.15, 0.2) is 5.11 Å². The quantitative estimate of drug-likeness (QED) is 0.821. The topological polar surface area (TPSA) is 28.9 Å². The summed E-state index contributed by atoms with van der Waals surface area (Å²) in [6.07, 6.45) is 0. The molecule has 1 fully saturated rings. The second-order valence-corrected chi connectivity index (χ2v) is 6.89. The summed E-state index contributed by atoms with van der Waals surface area (Å²) in [4.78, 5) is 3.87. The molecule has 2 N–H and O–H groups in total. The van der Waals surface area contributed by atoms with Crippen LogP contribution in [-0.4, -0.2) is 43.3 Å². The molecule has 1 aliphatic heterocycles. The van der Waals surface area contributed by atoms with Crippen molar-refractivity contribution in [3.8, 4) is 5.75 Å². The average molecular weight is 357 g/mol. The van der Waals surface area contributed by atoms with E-state index in [0.717, 1.165) is 49.3 Å². The van der Waals surface area contributed by atoms with Crippen LogP contribution in [0.4, 0.5) is 5.69 Å². The Labute approximate surface area is 155 Å². The van der Waals surface area contributed by atoms with Crippen molar-refractivity contribution in [1.29, 1.82) is 0 Å². The van der Waals surface area contributed by atoms with E-state index in [4.69, 9.17) is 17.0 Å². The maximum atomic E-state index is 5.60. The Bertz CT molecular complexity index is 709. The highest BCUT2D eigenvalue weighted by Crippen LogP contribution is 2.14. The number of piperazine rings is 1. The Morgan fingerprint density at radius 1 is 1.12 bits per heavy atom. The Morgan fingerprint density at radius 3 is 2.44 bits per heavy atom. The number of rotatable bonds is 4. The smallest absolute Gasteiger partial charge is 0.173 e. The van der Waals surface area contributed by atoms with Crippen LogP contribution in [0.5, 0.6) is 5.75 Å². The fourth-order valence-electron chi connectivity index (χ4n) is 3.14. The standard InChI is InChI=1S/C20H25N3OS/c1-16-5-3-4-6-19(16)21-20(25)23-13-11-22(12-14-23)15-17-7-9-18(24-2)10-8-17/h3-10H,11-15H2,1-2H3,(H,21,25)/p+1. The minimum Gasteiger partial charge on any atom is -0.497 e. The Hall–Kier alpha value is -2.11. The molecule has 4 nitrogen and oxygen atoms in total. The van der Waals surface area contributed by atoms with Crippen molar-refractivity contribution in [2.24, 2.45) is 0 Å². The van der Waals surface area contributed by atoms with Gasteiger partial charge in [-0.05, 0) is 55.0 Å². The van der Waals surface area contributed by atoms with Crippen LogP contribution in [0.3, 0.4) is 0 Å². The molecule has 5 heteroatoms. The molecule has 0 atom stereocenters. The van der Waals surface area contributed by atoms with Crippen molar-refractivity contribution >= 4 is 23.0 Å². The van der Waals surface area contributed by atoms with Gasteiger partial charge < -0.3 is 19.9 Å². The summed E-state index contributed by atoms with van der Waals surface area (Å²) in [7, 11) is 1.70. The first-order valence-corrected chi connectivity index (χ1v) is 9.14. The molecule has 0 aliphatic carbocycles. The number of quaternary nitrogens is 1. The number of thiocarbonyl (C=S) groups is 1. The van der Waals surface area contributed by atoms with Gasteiger partial charge in [-0.2, -0.15) is 0 Å². The lowest BCUT2D eigenvalue weighted by Gasteiger charge is -2.34. The fraction of sp³-hybridized carbons (Fsp3) is 0.350. The summed E-state index contributed by atoms with van der Waals surface area (Å²) in [6, 6.07) is 16.6. The Balaban J connectivity index is 1.49. The molecule has 0 amide bonds. The third kappa shape index (κ3) is 4.71. The van der Waals surface area contributed by atoms with Crippen molar-refractivity contribution in [2.45, 2.75) is 13.5 Å². The predicted molar refractivity (Wildman–Crippen MR) is 106 cm³/mol. The minimum absolute atomic E-state index is 0.831. The molecule has 132 valence electrons. The van der Waals surface area contributed by atoms with Crippen LogP contribution in [0.2, 0.25) is 0 Å². The lowest BCUT2D eigenvalue weighted by molar-refractivity contribution is -0.917. The van der Waals surface area contributed by atoms with E-state index in [1.54, 1.807) is 12.0 Å². The number of ether oxygens (including phenoxy) is 1. The predicted octanol–water partition coefficient (Wildman–Crippen LogP) is 2.10. The Morgan fingerprint density at radius 2 is 1.80 bits per heavy atom. The van der Waals surface area contributed by atoms with E-state index in [2.05, 4.69) is 41.4 Å². The maximum absolute atomic E-state index is 5.60. The van der Waals surface area contributed by atoms with E-state index in [9.17, 15) is 0 Å². The van der Waals surface area contributed by atoms with Crippen LogP contribution in [0, 0.1) is 6.92 Å². The average Bonchev–Trinajstić information content (AvgIpc) is 2.65. The van der Waals surface area contributed by atoms with Gasteiger partial charge in [-0.1, -0.05) is 18.2 Å². The molecule has 3 rings (SSSR count). The van der Waals surface area contributed by atoms with Crippen molar-refractivity contribution in [3.05, 3.63) is 59.7 Å². The second kappa shape index (κ2) is 8.32. The highest BCUT2D eigenvalue weighted by molar-refractivity contribution is 7.80. The summed E-state index contributed by atoms with van der Waals surface area (Å²) >= 11 is 5.60. The van der Waals surface area contributed by atoms with Gasteiger partial charge in [0.25, 0.3) is 0 Å². The van der Waals surface area contributed by atoms with Gasteiger partial charge >= 0.3 is 0 Å². The van der Waals surface area contributed by atoms with Crippen LogP contribution < -0.4 is 15.0 Å². The third-order valence-electron chi connectivity index (χ3n) is 4.76. The van der Waals surface area contributed by atoms with E-state index in [1.807, 2.05) is 24.3 Å². The number of benzene rings is 2. The molecule has 2 aromatic carbocycles. The minimum atomic E-state index is 0.831. The molecule has 1 saturated heterocycles. The van der Waals surface area contributed by atoms with Gasteiger partial charge in [0.2, 0.25) is 0 Å². The molecule has 1 aliphatic rings. The molecule has 0 bridgehead atoms. The van der Waals surface area contributed by atoms with Gasteiger partial charge in [-0.25, -0.2) is 0 Å². The maximum Gasteiger partial charge on any atom is 0.173 e. The number of hydrogen-bond acceptors (Lipinski definition) is 2. The van der Waals surface area contributed by atoms with Crippen LogP contribution in [0.15, 0.2) is 48.5 Å². The number of para-hydroxylation sites is 1. The van der Waals surface area contributed by atoms with E-state index in [0.29, 0.717) is 0 Å². The summed E-state index contributed by atoms with van der Waals surface area (Å²) in [5.74, 6) is 0.913. The normalized spacial score (nSPS) is 15.0. The van der Waals surface area contributed by atoms with Crippen LogP contribution in [0.25, 0.3) is 0 Å². The van der Waals surface area contributed by atoms with Crippen LogP contribution >= 0.6 is 12.2 Å². The van der Waals surface area contributed by atoms with E-state index >= 15 is 0 Å². The first kappa shape index (κ1) is 17.7.